The molecule has 1 heterocycles. The molecule has 2 N–H and O–H groups in total. The fourth-order valence-corrected chi connectivity index (χ4v) is 3.30. The number of aryl methyl sites for hydroxylation is 1. The molecule has 0 unspecified atom stereocenters. The summed E-state index contributed by atoms with van der Waals surface area (Å²) in [7, 11) is 3.01. The number of methoxy groups -OCH3 is 2. The molecule has 0 radical (unpaired) electrons. The minimum Gasteiger partial charge on any atom is -0.497 e. The fourth-order valence-electron chi connectivity index (χ4n) is 2.13. The van der Waals surface area contributed by atoms with Gasteiger partial charge in [-0.3, -0.25) is 0 Å². The zero-order valence-corrected chi connectivity index (χ0v) is 15.5. The number of hydrogen-bond donors (Lipinski definition) is 2. The standard InChI is InChI=1S/C17H20N2O3S2/c1-11-10-14(16(20)22-3)15(24-11)19-17(23)18-9-8-12-4-6-13(21-2)7-5-12/h4-7,10H,8-9H2,1-3H3,(H2,18,19,23). The zero-order chi connectivity index (χ0) is 17.5. The third-order valence-electron chi connectivity index (χ3n) is 3.35. The molecule has 1 aromatic heterocycles. The number of thiocarbonyl (C=S) groups is 1. The highest BCUT2D eigenvalue weighted by atomic mass is 32.1. The molecule has 2 rings (SSSR count). The number of carbonyl (C=O) groups excluding carboxylic acids is 1. The topological polar surface area (TPSA) is 59.6 Å². The van der Waals surface area contributed by atoms with Crippen LogP contribution in [0.25, 0.3) is 0 Å². The van der Waals surface area contributed by atoms with Gasteiger partial charge in [0.15, 0.2) is 5.11 Å². The maximum Gasteiger partial charge on any atom is 0.340 e. The number of anilines is 1. The fraction of sp³-hybridized carbons (Fsp3) is 0.294. The van der Waals surface area contributed by atoms with Gasteiger partial charge < -0.3 is 20.1 Å². The molecule has 128 valence electrons. The largest absolute Gasteiger partial charge is 0.497 e. The lowest BCUT2D eigenvalue weighted by atomic mass is 10.1. The van der Waals surface area contributed by atoms with Crippen molar-refractivity contribution in [2.45, 2.75) is 13.3 Å². The van der Waals surface area contributed by atoms with Gasteiger partial charge in [-0.05, 0) is 49.3 Å². The number of hydrogen-bond acceptors (Lipinski definition) is 5. The maximum atomic E-state index is 11.8. The predicted molar refractivity (Wildman–Crippen MR) is 101 cm³/mol. The predicted octanol–water partition coefficient (Wildman–Crippen LogP) is 3.38. The van der Waals surface area contributed by atoms with Gasteiger partial charge in [0, 0.05) is 11.4 Å². The summed E-state index contributed by atoms with van der Waals surface area (Å²) >= 11 is 6.76. The van der Waals surface area contributed by atoms with Crippen molar-refractivity contribution in [3.8, 4) is 5.75 Å². The van der Waals surface area contributed by atoms with Crippen molar-refractivity contribution < 1.29 is 14.3 Å². The first-order chi connectivity index (χ1) is 11.5. The molecular formula is C17H20N2O3S2. The summed E-state index contributed by atoms with van der Waals surface area (Å²) < 4.78 is 9.92. The number of ether oxygens (including phenoxy) is 2. The second-order valence-corrected chi connectivity index (χ2v) is 6.73. The van der Waals surface area contributed by atoms with E-state index in [1.807, 2.05) is 31.2 Å². The molecule has 0 aliphatic carbocycles. The van der Waals surface area contributed by atoms with Crippen LogP contribution in [0, 0.1) is 6.92 Å². The molecule has 0 aliphatic rings. The molecule has 0 aliphatic heterocycles. The van der Waals surface area contributed by atoms with Crippen LogP contribution in [0.15, 0.2) is 30.3 Å². The van der Waals surface area contributed by atoms with Crippen molar-refractivity contribution in [1.82, 2.24) is 5.32 Å². The van der Waals surface area contributed by atoms with E-state index in [0.717, 1.165) is 17.0 Å². The number of thiophene rings is 1. The van der Waals surface area contributed by atoms with Gasteiger partial charge in [0.2, 0.25) is 0 Å². The summed E-state index contributed by atoms with van der Waals surface area (Å²) in [4.78, 5) is 12.8. The van der Waals surface area contributed by atoms with E-state index in [0.29, 0.717) is 22.2 Å². The Bertz CT molecular complexity index is 711. The Labute approximate surface area is 151 Å². The highest BCUT2D eigenvalue weighted by Crippen LogP contribution is 2.28. The van der Waals surface area contributed by atoms with Crippen molar-refractivity contribution in [1.29, 1.82) is 0 Å². The van der Waals surface area contributed by atoms with Crippen LogP contribution in [-0.4, -0.2) is 31.8 Å². The van der Waals surface area contributed by atoms with E-state index in [2.05, 4.69) is 10.6 Å². The van der Waals surface area contributed by atoms with Gasteiger partial charge in [-0.2, -0.15) is 0 Å². The molecule has 0 amide bonds. The molecule has 7 heteroatoms. The number of carbonyl (C=O) groups is 1. The van der Waals surface area contributed by atoms with Gasteiger partial charge in [-0.25, -0.2) is 4.79 Å². The van der Waals surface area contributed by atoms with Crippen LogP contribution < -0.4 is 15.4 Å². The lowest BCUT2D eigenvalue weighted by molar-refractivity contribution is 0.0602. The zero-order valence-electron chi connectivity index (χ0n) is 13.8. The highest BCUT2D eigenvalue weighted by Gasteiger charge is 2.16. The Morgan fingerprint density at radius 2 is 1.96 bits per heavy atom. The third-order valence-corrected chi connectivity index (χ3v) is 4.56. The molecule has 0 saturated carbocycles. The Morgan fingerprint density at radius 3 is 2.58 bits per heavy atom. The van der Waals surface area contributed by atoms with Crippen molar-refractivity contribution in [3.05, 3.63) is 46.3 Å². The molecule has 0 atom stereocenters. The SMILES string of the molecule is COC(=O)c1cc(C)sc1NC(=S)NCCc1ccc(OC)cc1. The second-order valence-electron chi connectivity index (χ2n) is 5.07. The van der Waals surface area contributed by atoms with Gasteiger partial charge in [-0.15, -0.1) is 11.3 Å². The van der Waals surface area contributed by atoms with Crippen LogP contribution in [0.4, 0.5) is 5.00 Å². The van der Waals surface area contributed by atoms with E-state index in [1.54, 1.807) is 13.2 Å². The van der Waals surface area contributed by atoms with Crippen LogP contribution in [-0.2, 0) is 11.2 Å². The Morgan fingerprint density at radius 1 is 1.25 bits per heavy atom. The molecule has 2 aromatic rings. The van der Waals surface area contributed by atoms with E-state index in [-0.39, 0.29) is 5.97 Å². The molecule has 0 bridgehead atoms. The summed E-state index contributed by atoms with van der Waals surface area (Å²) in [6.07, 6.45) is 0.832. The first kappa shape index (κ1) is 18.2. The minimum absolute atomic E-state index is 0.372. The van der Waals surface area contributed by atoms with Gasteiger partial charge in [0.1, 0.15) is 10.8 Å². The van der Waals surface area contributed by atoms with E-state index in [4.69, 9.17) is 21.7 Å². The quantitative estimate of drug-likeness (QED) is 0.605. The summed E-state index contributed by atoms with van der Waals surface area (Å²) in [5, 5.41) is 7.39. The lowest BCUT2D eigenvalue weighted by Crippen LogP contribution is -2.30. The Hall–Kier alpha value is -2.12. The van der Waals surface area contributed by atoms with Crippen LogP contribution in [0.1, 0.15) is 20.8 Å². The Balaban J connectivity index is 1.86. The average Bonchev–Trinajstić information content (AvgIpc) is 2.95. The monoisotopic (exact) mass is 364 g/mol. The Kier molecular flexibility index (Phi) is 6.57. The first-order valence-electron chi connectivity index (χ1n) is 7.40. The van der Waals surface area contributed by atoms with E-state index < -0.39 is 0 Å². The molecule has 5 nitrogen and oxygen atoms in total. The highest BCUT2D eigenvalue weighted by molar-refractivity contribution is 7.80. The van der Waals surface area contributed by atoms with Crippen molar-refractivity contribution in [2.75, 3.05) is 26.1 Å². The molecular weight excluding hydrogens is 344 g/mol. The first-order valence-corrected chi connectivity index (χ1v) is 8.62. The molecule has 0 fully saturated rings. The number of esters is 1. The average molecular weight is 364 g/mol. The summed E-state index contributed by atoms with van der Waals surface area (Å²) in [5.41, 5.74) is 1.69. The third kappa shape index (κ3) is 4.94. The van der Waals surface area contributed by atoms with E-state index in [1.165, 1.54) is 24.0 Å². The normalized spacial score (nSPS) is 10.1. The number of benzene rings is 1. The van der Waals surface area contributed by atoms with Crippen LogP contribution in [0.5, 0.6) is 5.75 Å². The molecule has 0 saturated heterocycles. The van der Waals surface area contributed by atoms with E-state index in [9.17, 15) is 4.79 Å². The molecule has 1 aromatic carbocycles. The smallest absolute Gasteiger partial charge is 0.340 e. The van der Waals surface area contributed by atoms with Gasteiger partial charge in [-0.1, -0.05) is 12.1 Å². The summed E-state index contributed by atoms with van der Waals surface area (Å²) in [5.74, 6) is 0.468. The van der Waals surface area contributed by atoms with Crippen LogP contribution in [0.2, 0.25) is 0 Å². The van der Waals surface area contributed by atoms with Gasteiger partial charge in [0.25, 0.3) is 0 Å². The van der Waals surface area contributed by atoms with Crippen molar-refractivity contribution >= 4 is 39.6 Å². The number of nitrogens with one attached hydrogen (secondary N) is 2. The van der Waals surface area contributed by atoms with Crippen LogP contribution >= 0.6 is 23.6 Å². The minimum atomic E-state index is -0.372. The van der Waals surface area contributed by atoms with Crippen molar-refractivity contribution in [2.24, 2.45) is 0 Å². The van der Waals surface area contributed by atoms with E-state index >= 15 is 0 Å². The van der Waals surface area contributed by atoms with Gasteiger partial charge in [0.05, 0.1) is 19.8 Å². The second kappa shape index (κ2) is 8.65. The molecule has 24 heavy (non-hydrogen) atoms. The van der Waals surface area contributed by atoms with Crippen LogP contribution in [0.3, 0.4) is 0 Å². The number of rotatable bonds is 6. The maximum absolute atomic E-state index is 11.8. The molecule has 0 spiro atoms. The summed E-state index contributed by atoms with van der Waals surface area (Å²) in [6, 6.07) is 9.70. The summed E-state index contributed by atoms with van der Waals surface area (Å²) in [6.45, 7) is 2.62. The van der Waals surface area contributed by atoms with Crippen molar-refractivity contribution in [3.63, 3.8) is 0 Å². The lowest BCUT2D eigenvalue weighted by Gasteiger charge is -2.10. The van der Waals surface area contributed by atoms with Gasteiger partial charge >= 0.3 is 5.97 Å².